The Kier molecular flexibility index (Phi) is 3.38. The maximum atomic E-state index is 10.9. The Morgan fingerprint density at radius 1 is 1.20 bits per heavy atom. The first-order valence-corrected chi connectivity index (χ1v) is 5.58. The molecular weight excluding hydrogens is 186 g/mol. The van der Waals surface area contributed by atoms with Crippen LogP contribution in [0.15, 0.2) is 30.3 Å². The molecule has 79 valence electrons. The molecule has 2 heteroatoms. The number of amides is 1. The Hall–Kier alpha value is -1.31. The summed E-state index contributed by atoms with van der Waals surface area (Å²) in [6.45, 7) is 0.703. The number of nitrogens with zero attached hydrogens (tertiary/aromatic N) is 1. The Balaban J connectivity index is 1.99. The summed E-state index contributed by atoms with van der Waals surface area (Å²) < 4.78 is 0. The van der Waals surface area contributed by atoms with Crippen molar-refractivity contribution in [2.24, 2.45) is 0 Å². The van der Waals surface area contributed by atoms with E-state index in [9.17, 15) is 4.79 Å². The molecule has 1 aliphatic rings. The van der Waals surface area contributed by atoms with Gasteiger partial charge < -0.3 is 4.90 Å². The van der Waals surface area contributed by atoms with Gasteiger partial charge in [-0.15, -0.1) is 0 Å². The second-order valence-electron chi connectivity index (χ2n) is 4.14. The molecule has 15 heavy (non-hydrogen) atoms. The van der Waals surface area contributed by atoms with Gasteiger partial charge in [-0.1, -0.05) is 43.2 Å². The third-order valence-corrected chi connectivity index (χ3v) is 3.08. The minimum atomic E-state index is 0.419. The molecule has 1 aliphatic carbocycles. The normalized spacial score (nSPS) is 16.5. The Bertz CT molecular complexity index is 304. The van der Waals surface area contributed by atoms with Crippen molar-refractivity contribution in [3.8, 4) is 0 Å². The van der Waals surface area contributed by atoms with Crippen LogP contribution in [0, 0.1) is 0 Å². The third-order valence-electron chi connectivity index (χ3n) is 3.08. The van der Waals surface area contributed by atoms with Gasteiger partial charge in [0.1, 0.15) is 0 Å². The highest BCUT2D eigenvalue weighted by Crippen LogP contribution is 2.23. The summed E-state index contributed by atoms with van der Waals surface area (Å²) >= 11 is 0. The van der Waals surface area contributed by atoms with Crippen molar-refractivity contribution < 1.29 is 4.79 Å². The van der Waals surface area contributed by atoms with E-state index in [4.69, 9.17) is 0 Å². The van der Waals surface area contributed by atoms with E-state index in [1.807, 2.05) is 23.1 Å². The molecule has 0 aliphatic heterocycles. The molecule has 0 saturated heterocycles. The molecule has 0 bridgehead atoms. The summed E-state index contributed by atoms with van der Waals surface area (Å²) in [7, 11) is 0. The molecule has 1 fully saturated rings. The zero-order chi connectivity index (χ0) is 10.5. The SMILES string of the molecule is O=[C]N(Cc1ccccc1)C1CCCC1. The Morgan fingerprint density at radius 2 is 1.87 bits per heavy atom. The molecule has 0 spiro atoms. The standard InChI is InChI=1S/C13H16NO/c15-11-14(13-8-4-5-9-13)10-12-6-2-1-3-7-12/h1-3,6-7,13H,4-5,8-10H2. The first-order valence-electron chi connectivity index (χ1n) is 5.58. The molecule has 1 aromatic carbocycles. The predicted molar refractivity (Wildman–Crippen MR) is 59.9 cm³/mol. The number of benzene rings is 1. The van der Waals surface area contributed by atoms with Crippen molar-refractivity contribution in [3.63, 3.8) is 0 Å². The van der Waals surface area contributed by atoms with Gasteiger partial charge in [0.2, 0.25) is 0 Å². The van der Waals surface area contributed by atoms with Crippen molar-refractivity contribution in [2.75, 3.05) is 0 Å². The van der Waals surface area contributed by atoms with E-state index in [-0.39, 0.29) is 0 Å². The molecule has 1 amide bonds. The van der Waals surface area contributed by atoms with Gasteiger partial charge >= 0.3 is 6.41 Å². The quantitative estimate of drug-likeness (QED) is 0.687. The first kappa shape index (κ1) is 10.2. The Labute approximate surface area is 90.9 Å². The second kappa shape index (κ2) is 4.96. The van der Waals surface area contributed by atoms with Gasteiger partial charge in [0.15, 0.2) is 0 Å². The van der Waals surface area contributed by atoms with Crippen molar-refractivity contribution >= 4 is 6.41 Å². The summed E-state index contributed by atoms with van der Waals surface area (Å²) in [5.41, 5.74) is 1.19. The van der Waals surface area contributed by atoms with Crippen LogP contribution in [-0.2, 0) is 11.3 Å². The fourth-order valence-corrected chi connectivity index (χ4v) is 2.23. The number of hydrogen-bond donors (Lipinski definition) is 0. The van der Waals surface area contributed by atoms with Crippen LogP contribution in [0.5, 0.6) is 0 Å². The van der Waals surface area contributed by atoms with E-state index in [2.05, 4.69) is 18.5 Å². The lowest BCUT2D eigenvalue weighted by molar-refractivity contribution is 0.289. The highest BCUT2D eigenvalue weighted by molar-refractivity contribution is 5.49. The smallest absolute Gasteiger partial charge is 0.312 e. The second-order valence-corrected chi connectivity index (χ2v) is 4.14. The molecule has 0 atom stereocenters. The molecule has 0 aromatic heterocycles. The van der Waals surface area contributed by atoms with E-state index in [0.29, 0.717) is 12.6 Å². The monoisotopic (exact) mass is 202 g/mol. The molecular formula is C13H16NO. The van der Waals surface area contributed by atoms with Crippen molar-refractivity contribution in [2.45, 2.75) is 38.3 Å². The minimum Gasteiger partial charge on any atom is -0.327 e. The molecule has 1 aromatic rings. The van der Waals surface area contributed by atoms with Gasteiger partial charge in [-0.25, -0.2) is 0 Å². The third kappa shape index (κ3) is 2.58. The molecule has 1 saturated carbocycles. The maximum Gasteiger partial charge on any atom is 0.312 e. The number of rotatable bonds is 4. The number of hydrogen-bond acceptors (Lipinski definition) is 1. The topological polar surface area (TPSA) is 20.3 Å². The maximum absolute atomic E-state index is 10.9. The highest BCUT2D eigenvalue weighted by atomic mass is 16.1. The predicted octanol–water partition coefficient (Wildman–Crippen LogP) is 2.50. The molecule has 2 nitrogen and oxygen atoms in total. The lowest BCUT2D eigenvalue weighted by Gasteiger charge is -2.23. The largest absolute Gasteiger partial charge is 0.327 e. The van der Waals surface area contributed by atoms with Crippen molar-refractivity contribution in [1.29, 1.82) is 0 Å². The summed E-state index contributed by atoms with van der Waals surface area (Å²) in [5, 5.41) is 0. The molecule has 2 rings (SSSR count). The van der Waals surface area contributed by atoms with Crippen LogP contribution < -0.4 is 0 Å². The van der Waals surface area contributed by atoms with E-state index >= 15 is 0 Å². The summed E-state index contributed by atoms with van der Waals surface area (Å²) in [4.78, 5) is 12.7. The van der Waals surface area contributed by atoms with Crippen LogP contribution in [0.2, 0.25) is 0 Å². The van der Waals surface area contributed by atoms with Crippen LogP contribution in [0.1, 0.15) is 31.2 Å². The van der Waals surface area contributed by atoms with Gasteiger partial charge in [0.25, 0.3) is 0 Å². The number of carbonyl (C=O) groups excluding carboxylic acids is 1. The summed E-state index contributed by atoms with van der Waals surface area (Å²) in [6.07, 6.45) is 6.85. The van der Waals surface area contributed by atoms with Gasteiger partial charge in [-0.2, -0.15) is 0 Å². The first-order chi connectivity index (χ1) is 7.40. The lowest BCUT2D eigenvalue weighted by Crippen LogP contribution is -2.31. The molecule has 0 unspecified atom stereocenters. The highest BCUT2D eigenvalue weighted by Gasteiger charge is 2.21. The van der Waals surface area contributed by atoms with Crippen LogP contribution in [0.25, 0.3) is 0 Å². The van der Waals surface area contributed by atoms with E-state index in [1.54, 1.807) is 0 Å². The summed E-state index contributed by atoms with van der Waals surface area (Å²) in [6, 6.07) is 10.5. The van der Waals surface area contributed by atoms with Crippen LogP contribution in [0.4, 0.5) is 0 Å². The molecule has 0 N–H and O–H groups in total. The fourth-order valence-electron chi connectivity index (χ4n) is 2.23. The zero-order valence-electron chi connectivity index (χ0n) is 8.86. The van der Waals surface area contributed by atoms with Gasteiger partial charge in [-0.3, -0.25) is 4.79 Å². The van der Waals surface area contributed by atoms with Crippen molar-refractivity contribution in [1.82, 2.24) is 4.90 Å². The van der Waals surface area contributed by atoms with Crippen LogP contribution >= 0.6 is 0 Å². The van der Waals surface area contributed by atoms with Crippen LogP contribution in [0.3, 0.4) is 0 Å². The average molecular weight is 202 g/mol. The van der Waals surface area contributed by atoms with Gasteiger partial charge in [-0.05, 0) is 18.4 Å². The Morgan fingerprint density at radius 3 is 2.47 bits per heavy atom. The molecule has 0 heterocycles. The van der Waals surface area contributed by atoms with Crippen molar-refractivity contribution in [3.05, 3.63) is 35.9 Å². The van der Waals surface area contributed by atoms with E-state index < -0.39 is 0 Å². The summed E-state index contributed by atoms with van der Waals surface area (Å²) in [5.74, 6) is 0. The molecule has 1 radical (unpaired) electrons. The zero-order valence-corrected chi connectivity index (χ0v) is 8.86. The minimum absolute atomic E-state index is 0.419. The average Bonchev–Trinajstić information content (AvgIpc) is 2.81. The fraction of sp³-hybridized carbons (Fsp3) is 0.462. The lowest BCUT2D eigenvalue weighted by atomic mass is 10.1. The van der Waals surface area contributed by atoms with E-state index in [1.165, 1.54) is 18.4 Å². The van der Waals surface area contributed by atoms with Crippen LogP contribution in [-0.4, -0.2) is 17.4 Å². The van der Waals surface area contributed by atoms with E-state index in [0.717, 1.165) is 12.8 Å². The van der Waals surface area contributed by atoms with Gasteiger partial charge in [0.05, 0.1) is 0 Å². The van der Waals surface area contributed by atoms with Gasteiger partial charge in [0, 0.05) is 12.6 Å².